The van der Waals surface area contributed by atoms with Gasteiger partial charge in [-0.2, -0.15) is 4.99 Å². The number of amides is 1. The highest BCUT2D eigenvalue weighted by Gasteiger charge is 2.15. The average molecular weight is 373 g/mol. The number of nitrogens with zero attached hydrogens (tertiary/aromatic N) is 3. The molecule has 7 nitrogen and oxygen atoms in total. The van der Waals surface area contributed by atoms with Gasteiger partial charge in [-0.1, -0.05) is 36.4 Å². The molecular weight excluding hydrogens is 354 g/mol. The Balaban J connectivity index is 2.12. The van der Waals surface area contributed by atoms with Crippen LogP contribution in [0, 0.1) is 0 Å². The Morgan fingerprint density at radius 2 is 2.15 bits per heavy atom. The number of carbonyl (C=O) groups excluding carboxylic acids is 2. The molecule has 0 aliphatic heterocycles. The smallest absolute Gasteiger partial charge is 0.326 e. The van der Waals surface area contributed by atoms with Crippen molar-refractivity contribution in [3.8, 4) is 0 Å². The van der Waals surface area contributed by atoms with Gasteiger partial charge in [-0.15, -0.1) is 0 Å². The molecule has 0 atom stereocenters. The zero-order chi connectivity index (χ0) is 18.7. The lowest BCUT2D eigenvalue weighted by Crippen LogP contribution is -2.23. The van der Waals surface area contributed by atoms with Crippen molar-refractivity contribution in [3.05, 3.63) is 46.6 Å². The summed E-state index contributed by atoms with van der Waals surface area (Å²) >= 11 is 1.35. The average Bonchev–Trinajstić information content (AvgIpc) is 3.23. The molecule has 0 fully saturated rings. The second kappa shape index (κ2) is 7.65. The van der Waals surface area contributed by atoms with Gasteiger partial charge in [0.05, 0.1) is 23.0 Å². The highest BCUT2D eigenvalue weighted by molar-refractivity contribution is 7.16. The van der Waals surface area contributed by atoms with Gasteiger partial charge in [0.15, 0.2) is 4.80 Å². The van der Waals surface area contributed by atoms with Gasteiger partial charge < -0.3 is 13.8 Å². The number of aromatic nitrogens is 2. The minimum atomic E-state index is -0.546. The summed E-state index contributed by atoms with van der Waals surface area (Å²) in [6.45, 7) is 6.25. The molecule has 0 saturated heterocycles. The minimum Gasteiger partial charge on any atom is -0.465 e. The molecule has 0 saturated carbocycles. The van der Waals surface area contributed by atoms with Crippen LogP contribution in [0.25, 0.3) is 10.2 Å². The number of hydrogen-bond acceptors (Lipinski definition) is 6. The van der Waals surface area contributed by atoms with Gasteiger partial charge in [0.25, 0.3) is 0 Å². The van der Waals surface area contributed by atoms with Gasteiger partial charge in [0.1, 0.15) is 6.54 Å². The third kappa shape index (κ3) is 3.75. The first-order valence-electron chi connectivity index (χ1n) is 8.28. The molecule has 26 heavy (non-hydrogen) atoms. The first kappa shape index (κ1) is 18.1. The molecule has 136 valence electrons. The lowest BCUT2D eigenvalue weighted by Gasteiger charge is -2.07. The summed E-state index contributed by atoms with van der Waals surface area (Å²) in [4.78, 5) is 28.8. The van der Waals surface area contributed by atoms with Crippen molar-refractivity contribution >= 4 is 33.4 Å². The minimum absolute atomic E-state index is 0.0165. The van der Waals surface area contributed by atoms with Crippen LogP contribution in [-0.4, -0.2) is 28.2 Å². The predicted octanol–water partition coefficient (Wildman–Crippen LogP) is 3.12. The van der Waals surface area contributed by atoms with E-state index in [0.29, 0.717) is 17.3 Å². The molecule has 3 rings (SSSR count). The van der Waals surface area contributed by atoms with Crippen molar-refractivity contribution in [2.24, 2.45) is 4.99 Å². The van der Waals surface area contributed by atoms with Gasteiger partial charge in [-0.25, -0.2) is 0 Å². The zero-order valence-corrected chi connectivity index (χ0v) is 15.6. The van der Waals surface area contributed by atoms with Crippen LogP contribution in [0.5, 0.6) is 0 Å². The van der Waals surface area contributed by atoms with E-state index in [1.165, 1.54) is 29.2 Å². The van der Waals surface area contributed by atoms with Crippen molar-refractivity contribution in [1.82, 2.24) is 9.72 Å². The number of fused-ring (bicyclic) bond motifs is 1. The Kier molecular flexibility index (Phi) is 5.32. The molecular formula is C18H19N3O4S. The third-order valence-corrected chi connectivity index (χ3v) is 4.85. The molecule has 0 aliphatic rings. The van der Waals surface area contributed by atoms with Crippen molar-refractivity contribution in [3.63, 3.8) is 0 Å². The van der Waals surface area contributed by atoms with E-state index in [4.69, 9.17) is 9.26 Å². The molecule has 1 amide bonds. The van der Waals surface area contributed by atoms with Crippen LogP contribution in [-0.2, 0) is 16.1 Å². The Morgan fingerprint density at radius 1 is 1.35 bits per heavy atom. The fourth-order valence-corrected chi connectivity index (χ4v) is 3.57. The van der Waals surface area contributed by atoms with E-state index >= 15 is 0 Å². The summed E-state index contributed by atoms with van der Waals surface area (Å²) in [5.41, 5.74) is 2.01. The molecule has 2 aromatic heterocycles. The van der Waals surface area contributed by atoms with E-state index in [0.717, 1.165) is 10.2 Å². The largest absolute Gasteiger partial charge is 0.465 e. The van der Waals surface area contributed by atoms with Crippen molar-refractivity contribution in [2.45, 2.75) is 33.2 Å². The highest BCUT2D eigenvalue weighted by Crippen LogP contribution is 2.23. The molecule has 0 aliphatic carbocycles. The van der Waals surface area contributed by atoms with Crippen LogP contribution >= 0.6 is 11.3 Å². The molecule has 0 unspecified atom stereocenters. The summed E-state index contributed by atoms with van der Waals surface area (Å²) in [7, 11) is 0. The zero-order valence-electron chi connectivity index (χ0n) is 14.8. The van der Waals surface area contributed by atoms with Crippen LogP contribution in [0.3, 0.4) is 0 Å². The Hall–Kier alpha value is -2.74. The highest BCUT2D eigenvalue weighted by atomic mass is 32.1. The standard InChI is InChI=1S/C18H19N3O4S/c1-4-24-16(22)10-21-13-6-5-12(11(2)3)9-15(13)26-18(21)20-17(23)14-7-8-19-25-14/h5-9,11H,4,10H2,1-3H3. The second-order valence-electron chi connectivity index (χ2n) is 5.95. The quantitative estimate of drug-likeness (QED) is 0.641. The summed E-state index contributed by atoms with van der Waals surface area (Å²) in [5.74, 6) is -0.506. The summed E-state index contributed by atoms with van der Waals surface area (Å²) in [6.07, 6.45) is 1.38. The van der Waals surface area contributed by atoms with Crippen LogP contribution in [0.2, 0.25) is 0 Å². The van der Waals surface area contributed by atoms with E-state index in [1.54, 1.807) is 11.5 Å². The van der Waals surface area contributed by atoms with Crippen LogP contribution in [0.1, 0.15) is 42.8 Å². The van der Waals surface area contributed by atoms with Gasteiger partial charge >= 0.3 is 11.9 Å². The van der Waals surface area contributed by atoms with E-state index in [2.05, 4.69) is 30.1 Å². The maximum Gasteiger partial charge on any atom is 0.326 e. The second-order valence-corrected chi connectivity index (χ2v) is 6.96. The number of thiazole rings is 1. The maximum atomic E-state index is 12.3. The van der Waals surface area contributed by atoms with Crippen molar-refractivity contribution < 1.29 is 18.8 Å². The molecule has 2 heterocycles. The first-order chi connectivity index (χ1) is 12.5. The number of rotatable bonds is 5. The Morgan fingerprint density at radius 3 is 2.81 bits per heavy atom. The SMILES string of the molecule is CCOC(=O)Cn1c(=NC(=O)c2ccno2)sc2cc(C(C)C)ccc21. The number of carbonyl (C=O) groups is 2. The lowest BCUT2D eigenvalue weighted by atomic mass is 10.0. The predicted molar refractivity (Wildman–Crippen MR) is 96.9 cm³/mol. The molecule has 1 aromatic carbocycles. The topological polar surface area (TPSA) is 86.7 Å². The molecule has 3 aromatic rings. The van der Waals surface area contributed by atoms with Gasteiger partial charge in [0.2, 0.25) is 5.76 Å². The van der Waals surface area contributed by atoms with Gasteiger partial charge in [-0.05, 0) is 30.5 Å². The van der Waals surface area contributed by atoms with E-state index < -0.39 is 5.91 Å². The number of benzene rings is 1. The summed E-state index contributed by atoms with van der Waals surface area (Å²) in [6, 6.07) is 7.47. The van der Waals surface area contributed by atoms with E-state index in [1.807, 2.05) is 12.1 Å². The van der Waals surface area contributed by atoms with E-state index in [-0.39, 0.29) is 18.3 Å². The number of ether oxygens (including phenoxy) is 1. The van der Waals surface area contributed by atoms with Gasteiger partial charge in [0, 0.05) is 6.07 Å². The van der Waals surface area contributed by atoms with E-state index in [9.17, 15) is 9.59 Å². The molecule has 0 radical (unpaired) electrons. The molecule has 0 spiro atoms. The lowest BCUT2D eigenvalue weighted by molar-refractivity contribution is -0.143. The fraction of sp³-hybridized carbons (Fsp3) is 0.333. The maximum absolute atomic E-state index is 12.3. The van der Waals surface area contributed by atoms with Crippen molar-refractivity contribution in [1.29, 1.82) is 0 Å². The van der Waals surface area contributed by atoms with Crippen LogP contribution < -0.4 is 4.80 Å². The first-order valence-corrected chi connectivity index (χ1v) is 9.10. The molecule has 8 heteroatoms. The number of hydrogen-bond donors (Lipinski definition) is 0. The van der Waals surface area contributed by atoms with Crippen LogP contribution in [0.4, 0.5) is 0 Å². The van der Waals surface area contributed by atoms with Crippen molar-refractivity contribution in [2.75, 3.05) is 6.61 Å². The summed E-state index contributed by atoms with van der Waals surface area (Å²) in [5, 5.41) is 3.52. The molecule has 0 N–H and O–H groups in total. The van der Waals surface area contributed by atoms with Gasteiger partial charge in [-0.3, -0.25) is 9.59 Å². The Labute approximate surface area is 153 Å². The number of esters is 1. The normalized spacial score (nSPS) is 12.1. The fourth-order valence-electron chi connectivity index (χ4n) is 2.49. The van der Waals surface area contributed by atoms with Crippen LogP contribution in [0.15, 0.2) is 40.0 Å². The third-order valence-electron chi connectivity index (χ3n) is 3.81. The summed E-state index contributed by atoms with van der Waals surface area (Å²) < 4.78 is 12.5. The molecule has 0 bridgehead atoms. The Bertz CT molecular complexity index is 999. The monoisotopic (exact) mass is 373 g/mol.